The second kappa shape index (κ2) is 7.07. The first-order chi connectivity index (χ1) is 12.5. The summed E-state index contributed by atoms with van der Waals surface area (Å²) in [6.45, 7) is 4.42. The Morgan fingerprint density at radius 1 is 1.19 bits per heavy atom. The number of hydrogen-bond donors (Lipinski definition) is 0. The number of benzene rings is 2. The van der Waals surface area contributed by atoms with Crippen molar-refractivity contribution in [3.63, 3.8) is 0 Å². The third-order valence-corrected chi connectivity index (χ3v) is 4.95. The number of nitro benzene ring substituents is 1. The number of fused-ring (bicyclic) bond motifs is 1. The smallest absolute Gasteiger partial charge is 0.269 e. The molecule has 0 aliphatic carbocycles. The number of azo groups is 1. The van der Waals surface area contributed by atoms with Gasteiger partial charge in [0, 0.05) is 36.0 Å². The predicted octanol–water partition coefficient (Wildman–Crippen LogP) is 5.73. The van der Waals surface area contributed by atoms with Crippen molar-refractivity contribution in [1.29, 1.82) is 0 Å². The van der Waals surface area contributed by atoms with Crippen LogP contribution in [-0.2, 0) is 5.41 Å². The van der Waals surface area contributed by atoms with Gasteiger partial charge in [-0.15, -0.1) is 0 Å². The summed E-state index contributed by atoms with van der Waals surface area (Å²) in [6, 6.07) is 14.5. The van der Waals surface area contributed by atoms with Crippen molar-refractivity contribution in [1.82, 2.24) is 0 Å². The maximum absolute atomic E-state index is 10.7. The summed E-state index contributed by atoms with van der Waals surface area (Å²) >= 11 is 0. The first kappa shape index (κ1) is 17.8. The molecule has 0 unspecified atom stereocenters. The summed E-state index contributed by atoms with van der Waals surface area (Å²) in [4.78, 5) is 12.5. The Balaban J connectivity index is 1.90. The van der Waals surface area contributed by atoms with E-state index in [1.54, 1.807) is 18.3 Å². The van der Waals surface area contributed by atoms with E-state index < -0.39 is 4.92 Å². The van der Waals surface area contributed by atoms with E-state index in [1.165, 1.54) is 23.4 Å². The molecule has 134 valence electrons. The third kappa shape index (κ3) is 3.10. The van der Waals surface area contributed by atoms with E-state index in [0.717, 1.165) is 18.5 Å². The van der Waals surface area contributed by atoms with Gasteiger partial charge in [-0.3, -0.25) is 10.1 Å². The Bertz CT molecular complexity index is 874. The number of likely N-dealkylation sites (N-methyl/N-ethyl adjacent to an activating group) is 1. The van der Waals surface area contributed by atoms with E-state index >= 15 is 0 Å². The van der Waals surface area contributed by atoms with Gasteiger partial charge in [0.05, 0.1) is 16.8 Å². The standard InChI is InChI=1S/C20H22N4O2/c1-4-13-20(2)17-7-5-6-8-18(17)23(3)19(20)14-21-22-15-9-11-16(12-10-15)24(25)26/h5-12,14H,4,13H2,1-3H3/b19-14+,22-21?/t20-/m1/s1. The molecular formula is C20H22N4O2. The minimum atomic E-state index is -0.427. The second-order valence-corrected chi connectivity index (χ2v) is 6.66. The van der Waals surface area contributed by atoms with Crippen LogP contribution >= 0.6 is 0 Å². The first-order valence-corrected chi connectivity index (χ1v) is 8.66. The average molecular weight is 350 g/mol. The van der Waals surface area contributed by atoms with Gasteiger partial charge >= 0.3 is 0 Å². The summed E-state index contributed by atoms with van der Waals surface area (Å²) in [5, 5.41) is 19.2. The summed E-state index contributed by atoms with van der Waals surface area (Å²) < 4.78 is 0. The Kier molecular flexibility index (Phi) is 4.84. The van der Waals surface area contributed by atoms with Crippen LogP contribution in [0.1, 0.15) is 32.3 Å². The fourth-order valence-electron chi connectivity index (χ4n) is 3.65. The maximum Gasteiger partial charge on any atom is 0.269 e. The monoisotopic (exact) mass is 350 g/mol. The number of non-ortho nitro benzene ring substituents is 1. The van der Waals surface area contributed by atoms with Crippen LogP contribution in [-0.4, -0.2) is 12.0 Å². The topological polar surface area (TPSA) is 71.1 Å². The molecule has 0 radical (unpaired) electrons. The molecule has 3 rings (SSSR count). The molecule has 1 aliphatic rings. The number of anilines is 1. The van der Waals surface area contributed by atoms with Gasteiger partial charge < -0.3 is 4.90 Å². The van der Waals surface area contributed by atoms with E-state index in [4.69, 9.17) is 0 Å². The number of nitro groups is 1. The Morgan fingerprint density at radius 3 is 2.54 bits per heavy atom. The van der Waals surface area contributed by atoms with Gasteiger partial charge in [0.2, 0.25) is 0 Å². The molecule has 0 amide bonds. The number of para-hydroxylation sites is 1. The van der Waals surface area contributed by atoms with Gasteiger partial charge in [0.15, 0.2) is 0 Å². The fourth-order valence-corrected chi connectivity index (χ4v) is 3.65. The summed E-state index contributed by atoms with van der Waals surface area (Å²) in [5.41, 5.74) is 4.13. The lowest BCUT2D eigenvalue weighted by Gasteiger charge is -2.27. The van der Waals surface area contributed by atoms with Crippen LogP contribution in [0.2, 0.25) is 0 Å². The molecule has 0 N–H and O–H groups in total. The largest absolute Gasteiger partial charge is 0.346 e. The maximum atomic E-state index is 10.7. The predicted molar refractivity (Wildman–Crippen MR) is 103 cm³/mol. The van der Waals surface area contributed by atoms with Crippen molar-refractivity contribution >= 4 is 17.1 Å². The Labute approximate surface area is 153 Å². The number of allylic oxidation sites excluding steroid dienone is 1. The zero-order valence-corrected chi connectivity index (χ0v) is 15.2. The van der Waals surface area contributed by atoms with Crippen LogP contribution in [0.4, 0.5) is 17.1 Å². The highest BCUT2D eigenvalue weighted by Crippen LogP contribution is 2.49. The second-order valence-electron chi connectivity index (χ2n) is 6.66. The zero-order chi connectivity index (χ0) is 18.7. The van der Waals surface area contributed by atoms with Crippen molar-refractivity contribution in [3.8, 4) is 0 Å². The van der Waals surface area contributed by atoms with Crippen LogP contribution in [0.15, 0.2) is 70.7 Å². The first-order valence-electron chi connectivity index (χ1n) is 8.66. The van der Waals surface area contributed by atoms with Gasteiger partial charge in [-0.1, -0.05) is 31.5 Å². The molecule has 6 nitrogen and oxygen atoms in total. The number of hydrogen-bond acceptors (Lipinski definition) is 5. The molecule has 0 aromatic heterocycles. The summed E-state index contributed by atoms with van der Waals surface area (Å²) in [7, 11) is 2.05. The van der Waals surface area contributed by atoms with Crippen LogP contribution in [0.3, 0.4) is 0 Å². The van der Waals surface area contributed by atoms with E-state index in [2.05, 4.69) is 47.2 Å². The van der Waals surface area contributed by atoms with E-state index in [1.807, 2.05) is 13.1 Å². The van der Waals surface area contributed by atoms with E-state index in [9.17, 15) is 10.1 Å². The molecule has 0 saturated carbocycles. The summed E-state index contributed by atoms with van der Waals surface area (Å²) in [6.07, 6.45) is 3.89. The molecule has 2 aromatic carbocycles. The highest BCUT2D eigenvalue weighted by molar-refractivity contribution is 5.70. The molecule has 6 heteroatoms. The fraction of sp³-hybridized carbons (Fsp3) is 0.300. The van der Waals surface area contributed by atoms with E-state index in [-0.39, 0.29) is 11.1 Å². The Hall–Kier alpha value is -3.02. The number of rotatable bonds is 5. The summed E-state index contributed by atoms with van der Waals surface area (Å²) in [5.74, 6) is 0. The van der Waals surface area contributed by atoms with Crippen LogP contribution in [0.25, 0.3) is 0 Å². The zero-order valence-electron chi connectivity index (χ0n) is 15.2. The average Bonchev–Trinajstić information content (AvgIpc) is 2.85. The van der Waals surface area contributed by atoms with Crippen molar-refractivity contribution in [2.75, 3.05) is 11.9 Å². The Morgan fingerprint density at radius 2 is 1.88 bits per heavy atom. The van der Waals surface area contributed by atoms with Gasteiger partial charge in [0.25, 0.3) is 5.69 Å². The lowest BCUT2D eigenvalue weighted by Crippen LogP contribution is -2.26. The molecule has 0 bridgehead atoms. The molecule has 1 aliphatic heterocycles. The minimum Gasteiger partial charge on any atom is -0.346 e. The van der Waals surface area contributed by atoms with Crippen molar-refractivity contribution in [2.24, 2.45) is 10.2 Å². The lowest BCUT2D eigenvalue weighted by atomic mass is 9.78. The van der Waals surface area contributed by atoms with Crippen molar-refractivity contribution in [3.05, 3.63) is 76.1 Å². The molecule has 26 heavy (non-hydrogen) atoms. The number of nitrogens with zero attached hydrogens (tertiary/aromatic N) is 4. The minimum absolute atomic E-state index is 0.0452. The van der Waals surface area contributed by atoms with Crippen molar-refractivity contribution < 1.29 is 4.92 Å². The van der Waals surface area contributed by atoms with Crippen LogP contribution in [0.5, 0.6) is 0 Å². The SMILES string of the molecule is CCC[C@@]1(C)/C(=C\N=Nc2ccc([N+](=O)[O-])cc2)N(C)c2ccccc21. The normalized spacial score (nSPS) is 20.7. The lowest BCUT2D eigenvalue weighted by molar-refractivity contribution is -0.384. The van der Waals surface area contributed by atoms with Crippen LogP contribution in [0, 0.1) is 10.1 Å². The molecule has 1 atom stereocenters. The molecule has 0 saturated heterocycles. The quantitative estimate of drug-likeness (QED) is 0.393. The molecule has 0 spiro atoms. The van der Waals surface area contributed by atoms with E-state index in [0.29, 0.717) is 5.69 Å². The van der Waals surface area contributed by atoms with Crippen LogP contribution < -0.4 is 4.90 Å². The van der Waals surface area contributed by atoms with Gasteiger partial charge in [0.1, 0.15) is 0 Å². The highest BCUT2D eigenvalue weighted by Gasteiger charge is 2.41. The van der Waals surface area contributed by atoms with Crippen molar-refractivity contribution in [2.45, 2.75) is 32.1 Å². The highest BCUT2D eigenvalue weighted by atomic mass is 16.6. The van der Waals surface area contributed by atoms with Gasteiger partial charge in [-0.2, -0.15) is 10.2 Å². The molecular weight excluding hydrogens is 328 g/mol. The molecule has 2 aromatic rings. The third-order valence-electron chi connectivity index (χ3n) is 4.95. The molecule has 1 heterocycles. The molecule has 0 fully saturated rings. The van der Waals surface area contributed by atoms with Gasteiger partial charge in [-0.25, -0.2) is 0 Å². The van der Waals surface area contributed by atoms with Gasteiger partial charge in [-0.05, 0) is 37.1 Å².